The van der Waals surface area contributed by atoms with Gasteiger partial charge in [-0.3, -0.25) is 0 Å². The molecule has 0 saturated heterocycles. The summed E-state index contributed by atoms with van der Waals surface area (Å²) in [6.07, 6.45) is 0. The highest BCUT2D eigenvalue weighted by molar-refractivity contribution is 7.16. The average molecular weight is 244 g/mol. The van der Waals surface area contributed by atoms with Crippen LogP contribution in [0, 0.1) is 16.7 Å². The first-order chi connectivity index (χ1) is 6.84. The van der Waals surface area contributed by atoms with Crippen LogP contribution in [-0.4, -0.2) is 11.0 Å². The molecule has 1 aromatic rings. The van der Waals surface area contributed by atoms with E-state index in [0.717, 1.165) is 0 Å². The Morgan fingerprint density at radius 2 is 2.13 bits per heavy atom. The summed E-state index contributed by atoms with van der Waals surface area (Å²) >= 11 is 7.07. The van der Waals surface area contributed by atoms with E-state index in [0.29, 0.717) is 10.0 Å². The van der Waals surface area contributed by atoms with Crippen molar-refractivity contribution in [1.29, 1.82) is 5.26 Å². The lowest BCUT2D eigenvalue weighted by atomic mass is 9.88. The normalized spacial score (nSPS) is 13.3. The van der Waals surface area contributed by atoms with Crippen LogP contribution >= 0.6 is 22.9 Å². The van der Waals surface area contributed by atoms with Crippen LogP contribution in [0.3, 0.4) is 0 Å². The van der Waals surface area contributed by atoms with Crippen LogP contribution in [0.25, 0.3) is 0 Å². The van der Waals surface area contributed by atoms with Crippen molar-refractivity contribution in [3.63, 3.8) is 0 Å². The standard InChI is InChI=1S/C10H14ClN3S/c1-6(10(2,3)4)13-9-14-8(11)7(5-12)15-9/h6H,1-4H3,(H,13,14). The molecular weight excluding hydrogens is 230 g/mol. The third-order valence-corrected chi connectivity index (χ3v) is 3.60. The number of anilines is 1. The second-order valence-electron chi connectivity index (χ2n) is 4.48. The molecule has 1 N–H and O–H groups in total. The number of rotatable bonds is 2. The molecule has 3 nitrogen and oxygen atoms in total. The maximum atomic E-state index is 8.73. The van der Waals surface area contributed by atoms with E-state index in [-0.39, 0.29) is 16.6 Å². The van der Waals surface area contributed by atoms with Gasteiger partial charge in [0, 0.05) is 6.04 Å². The van der Waals surface area contributed by atoms with E-state index < -0.39 is 0 Å². The highest BCUT2D eigenvalue weighted by Crippen LogP contribution is 2.29. The molecule has 0 amide bonds. The lowest BCUT2D eigenvalue weighted by Gasteiger charge is -2.27. The molecule has 0 aromatic carbocycles. The van der Waals surface area contributed by atoms with E-state index in [1.165, 1.54) is 11.3 Å². The first-order valence-corrected chi connectivity index (χ1v) is 5.87. The van der Waals surface area contributed by atoms with Crippen molar-refractivity contribution < 1.29 is 0 Å². The van der Waals surface area contributed by atoms with Crippen LogP contribution in [0.4, 0.5) is 5.13 Å². The predicted molar refractivity (Wildman–Crippen MR) is 64.4 cm³/mol. The van der Waals surface area contributed by atoms with Gasteiger partial charge in [0.2, 0.25) is 0 Å². The number of thiazole rings is 1. The molecule has 1 rings (SSSR count). The van der Waals surface area contributed by atoms with Gasteiger partial charge in [-0.15, -0.1) is 0 Å². The largest absolute Gasteiger partial charge is 0.358 e. The summed E-state index contributed by atoms with van der Waals surface area (Å²) < 4.78 is 0. The topological polar surface area (TPSA) is 48.7 Å². The third-order valence-electron chi connectivity index (χ3n) is 2.33. The van der Waals surface area contributed by atoms with Crippen LogP contribution in [-0.2, 0) is 0 Å². The highest BCUT2D eigenvalue weighted by Gasteiger charge is 2.21. The zero-order valence-electron chi connectivity index (χ0n) is 9.26. The Labute approximate surface area is 99.1 Å². The van der Waals surface area contributed by atoms with Crippen molar-refractivity contribution in [2.45, 2.75) is 33.7 Å². The molecule has 1 heterocycles. The maximum Gasteiger partial charge on any atom is 0.185 e. The number of halogens is 1. The number of nitrogens with zero attached hydrogens (tertiary/aromatic N) is 2. The van der Waals surface area contributed by atoms with Crippen LogP contribution in [0.15, 0.2) is 0 Å². The summed E-state index contributed by atoms with van der Waals surface area (Å²) in [5, 5.41) is 13.0. The van der Waals surface area contributed by atoms with Gasteiger partial charge in [-0.1, -0.05) is 43.7 Å². The lowest BCUT2D eigenvalue weighted by Crippen LogP contribution is -2.30. The van der Waals surface area contributed by atoms with E-state index in [2.05, 4.69) is 38.0 Å². The van der Waals surface area contributed by atoms with Crippen LogP contribution in [0.5, 0.6) is 0 Å². The molecule has 15 heavy (non-hydrogen) atoms. The Hall–Kier alpha value is -0.790. The second kappa shape index (κ2) is 4.38. The van der Waals surface area contributed by atoms with E-state index in [1.807, 2.05) is 6.07 Å². The third kappa shape index (κ3) is 3.08. The summed E-state index contributed by atoms with van der Waals surface area (Å²) in [5.74, 6) is 0. The maximum absolute atomic E-state index is 8.73. The first kappa shape index (κ1) is 12.3. The van der Waals surface area contributed by atoms with Gasteiger partial charge >= 0.3 is 0 Å². The molecule has 0 bridgehead atoms. The zero-order valence-corrected chi connectivity index (χ0v) is 10.8. The molecule has 0 aliphatic carbocycles. The summed E-state index contributed by atoms with van der Waals surface area (Å²) in [6, 6.07) is 2.28. The van der Waals surface area contributed by atoms with Crippen molar-refractivity contribution in [3.8, 4) is 6.07 Å². The minimum absolute atomic E-state index is 0.144. The Morgan fingerprint density at radius 1 is 1.53 bits per heavy atom. The van der Waals surface area contributed by atoms with Gasteiger partial charge in [0.15, 0.2) is 10.3 Å². The number of hydrogen-bond donors (Lipinski definition) is 1. The number of nitrogens with one attached hydrogen (secondary N) is 1. The molecule has 5 heteroatoms. The van der Waals surface area contributed by atoms with Gasteiger partial charge in [-0.05, 0) is 12.3 Å². The fourth-order valence-electron chi connectivity index (χ4n) is 0.834. The molecule has 0 saturated carbocycles. The first-order valence-electron chi connectivity index (χ1n) is 4.67. The van der Waals surface area contributed by atoms with Gasteiger partial charge in [0.25, 0.3) is 0 Å². The minimum Gasteiger partial charge on any atom is -0.358 e. The van der Waals surface area contributed by atoms with Gasteiger partial charge in [-0.2, -0.15) is 5.26 Å². The Balaban J connectivity index is 2.79. The van der Waals surface area contributed by atoms with Crippen LogP contribution in [0.1, 0.15) is 32.6 Å². The minimum atomic E-state index is 0.144. The van der Waals surface area contributed by atoms with Gasteiger partial charge in [0.1, 0.15) is 10.9 Å². The zero-order chi connectivity index (χ0) is 11.6. The Kier molecular flexibility index (Phi) is 3.58. The molecule has 1 aromatic heterocycles. The smallest absolute Gasteiger partial charge is 0.185 e. The van der Waals surface area contributed by atoms with Crippen molar-refractivity contribution in [1.82, 2.24) is 4.98 Å². The summed E-state index contributed by atoms with van der Waals surface area (Å²) in [5.41, 5.74) is 0.144. The Bertz CT molecular complexity index is 386. The van der Waals surface area contributed by atoms with Gasteiger partial charge < -0.3 is 5.32 Å². The number of nitriles is 1. The molecule has 0 radical (unpaired) electrons. The lowest BCUT2D eigenvalue weighted by molar-refractivity contribution is 0.359. The molecule has 1 atom stereocenters. The van der Waals surface area contributed by atoms with Crippen molar-refractivity contribution >= 4 is 28.1 Å². The SMILES string of the molecule is CC(Nc1nc(Cl)c(C#N)s1)C(C)(C)C. The summed E-state index contributed by atoms with van der Waals surface area (Å²) in [6.45, 7) is 8.52. The molecular formula is C10H14ClN3S. The van der Waals surface area contributed by atoms with Crippen molar-refractivity contribution in [2.24, 2.45) is 5.41 Å². The van der Waals surface area contributed by atoms with E-state index >= 15 is 0 Å². The van der Waals surface area contributed by atoms with Gasteiger partial charge in [0.05, 0.1) is 0 Å². The summed E-state index contributed by atoms with van der Waals surface area (Å²) in [7, 11) is 0. The average Bonchev–Trinajstić information content (AvgIpc) is 2.44. The number of hydrogen-bond acceptors (Lipinski definition) is 4. The van der Waals surface area contributed by atoms with Crippen molar-refractivity contribution in [3.05, 3.63) is 10.0 Å². The van der Waals surface area contributed by atoms with Gasteiger partial charge in [-0.25, -0.2) is 4.98 Å². The fourth-order valence-corrected chi connectivity index (χ4v) is 1.87. The number of aromatic nitrogens is 1. The quantitative estimate of drug-likeness (QED) is 0.865. The summed E-state index contributed by atoms with van der Waals surface area (Å²) in [4.78, 5) is 4.54. The highest BCUT2D eigenvalue weighted by atomic mass is 35.5. The van der Waals surface area contributed by atoms with E-state index in [9.17, 15) is 0 Å². The predicted octanol–water partition coefficient (Wildman–Crippen LogP) is 3.51. The van der Waals surface area contributed by atoms with Crippen LogP contribution in [0.2, 0.25) is 5.15 Å². The molecule has 0 aliphatic rings. The van der Waals surface area contributed by atoms with Crippen LogP contribution < -0.4 is 5.32 Å². The van der Waals surface area contributed by atoms with E-state index in [4.69, 9.17) is 16.9 Å². The molecule has 1 unspecified atom stereocenters. The Morgan fingerprint density at radius 3 is 2.53 bits per heavy atom. The fraction of sp³-hybridized carbons (Fsp3) is 0.600. The second-order valence-corrected chi connectivity index (χ2v) is 5.84. The molecule has 0 spiro atoms. The molecule has 82 valence electrons. The molecule has 0 fully saturated rings. The van der Waals surface area contributed by atoms with E-state index in [1.54, 1.807) is 0 Å². The molecule has 0 aliphatic heterocycles. The van der Waals surface area contributed by atoms with Crippen molar-refractivity contribution in [2.75, 3.05) is 5.32 Å². The monoisotopic (exact) mass is 243 g/mol.